The van der Waals surface area contributed by atoms with Gasteiger partial charge >= 0.3 is 0 Å². The highest BCUT2D eigenvalue weighted by molar-refractivity contribution is 6.30. The normalized spacial score (nSPS) is 10.8. The van der Waals surface area contributed by atoms with Crippen molar-refractivity contribution in [2.45, 2.75) is 6.42 Å². The number of fused-ring (bicyclic) bond motifs is 1. The number of benzene rings is 4. The van der Waals surface area contributed by atoms with E-state index < -0.39 is 5.91 Å². The molecule has 0 saturated heterocycles. The Kier molecular flexibility index (Phi) is 5.50. The standard InChI is InChI=1S/C25H20ClNO2/c26-21-11-7-17(8-12-21)18-9-13-22(14-10-18)29-16-15-20-6-5-19-3-1-2-4-23(19)24(20)25(27)28/h1-14H,15-16H2,(H2,27,28). The molecule has 4 heteroatoms. The molecule has 144 valence electrons. The van der Waals surface area contributed by atoms with Gasteiger partial charge in [0.05, 0.1) is 12.2 Å². The summed E-state index contributed by atoms with van der Waals surface area (Å²) >= 11 is 5.95. The summed E-state index contributed by atoms with van der Waals surface area (Å²) in [5.41, 5.74) is 9.32. The maximum absolute atomic E-state index is 12.0. The lowest BCUT2D eigenvalue weighted by molar-refractivity contribution is 0.100. The highest BCUT2D eigenvalue weighted by Crippen LogP contribution is 2.25. The summed E-state index contributed by atoms with van der Waals surface area (Å²) in [6.45, 7) is 0.457. The second-order valence-electron chi connectivity index (χ2n) is 6.81. The molecule has 4 aromatic rings. The van der Waals surface area contributed by atoms with Gasteiger partial charge in [-0.15, -0.1) is 0 Å². The first-order valence-electron chi connectivity index (χ1n) is 9.41. The third-order valence-corrected chi connectivity index (χ3v) is 5.19. The van der Waals surface area contributed by atoms with Gasteiger partial charge in [0.25, 0.3) is 0 Å². The van der Waals surface area contributed by atoms with E-state index in [4.69, 9.17) is 22.1 Å². The molecule has 0 unspecified atom stereocenters. The van der Waals surface area contributed by atoms with Crippen LogP contribution in [0.5, 0.6) is 5.75 Å². The van der Waals surface area contributed by atoms with Crippen molar-refractivity contribution in [1.82, 2.24) is 0 Å². The van der Waals surface area contributed by atoms with Crippen LogP contribution in [0.3, 0.4) is 0 Å². The number of carbonyl (C=O) groups excluding carboxylic acids is 1. The van der Waals surface area contributed by atoms with Crippen LogP contribution in [0.2, 0.25) is 5.02 Å². The van der Waals surface area contributed by atoms with Gasteiger partial charge in [0, 0.05) is 11.4 Å². The molecule has 0 aliphatic heterocycles. The van der Waals surface area contributed by atoms with Gasteiger partial charge in [0.1, 0.15) is 5.75 Å². The Labute approximate surface area is 174 Å². The van der Waals surface area contributed by atoms with Gasteiger partial charge in [-0.1, -0.05) is 72.3 Å². The average molecular weight is 402 g/mol. The highest BCUT2D eigenvalue weighted by atomic mass is 35.5. The monoisotopic (exact) mass is 401 g/mol. The van der Waals surface area contributed by atoms with E-state index >= 15 is 0 Å². The van der Waals surface area contributed by atoms with Crippen molar-refractivity contribution in [2.75, 3.05) is 6.61 Å². The Hall–Kier alpha value is -3.30. The van der Waals surface area contributed by atoms with Crippen molar-refractivity contribution < 1.29 is 9.53 Å². The van der Waals surface area contributed by atoms with Crippen molar-refractivity contribution in [3.63, 3.8) is 0 Å². The minimum atomic E-state index is -0.413. The zero-order valence-electron chi connectivity index (χ0n) is 15.8. The van der Waals surface area contributed by atoms with Crippen molar-refractivity contribution in [1.29, 1.82) is 0 Å². The number of rotatable bonds is 6. The van der Waals surface area contributed by atoms with Crippen molar-refractivity contribution >= 4 is 28.3 Å². The zero-order chi connectivity index (χ0) is 20.2. The molecule has 0 atom stereocenters. The fourth-order valence-corrected chi connectivity index (χ4v) is 3.61. The molecule has 0 bridgehead atoms. The van der Waals surface area contributed by atoms with E-state index in [0.29, 0.717) is 18.6 Å². The first kappa shape index (κ1) is 19.0. The van der Waals surface area contributed by atoms with Crippen LogP contribution in [-0.2, 0) is 6.42 Å². The minimum Gasteiger partial charge on any atom is -0.493 e. The predicted molar refractivity (Wildman–Crippen MR) is 119 cm³/mol. The van der Waals surface area contributed by atoms with Crippen LogP contribution in [-0.4, -0.2) is 12.5 Å². The first-order valence-corrected chi connectivity index (χ1v) is 9.79. The SMILES string of the molecule is NC(=O)c1c(CCOc2ccc(-c3ccc(Cl)cc3)cc2)ccc2ccccc12. The first-order chi connectivity index (χ1) is 14.1. The number of amides is 1. The molecule has 0 radical (unpaired) electrons. The van der Waals surface area contributed by atoms with Crippen LogP contribution in [0.15, 0.2) is 84.9 Å². The topological polar surface area (TPSA) is 52.3 Å². The van der Waals surface area contributed by atoms with Gasteiger partial charge < -0.3 is 10.5 Å². The van der Waals surface area contributed by atoms with Crippen LogP contribution >= 0.6 is 11.6 Å². The van der Waals surface area contributed by atoms with Crippen LogP contribution in [0.1, 0.15) is 15.9 Å². The molecule has 1 amide bonds. The van der Waals surface area contributed by atoms with E-state index in [2.05, 4.69) is 0 Å². The summed E-state index contributed by atoms with van der Waals surface area (Å²) in [4.78, 5) is 12.0. The van der Waals surface area contributed by atoms with Gasteiger partial charge in [-0.3, -0.25) is 4.79 Å². The molecule has 0 heterocycles. The molecule has 2 N–H and O–H groups in total. The second kappa shape index (κ2) is 8.38. The molecule has 3 nitrogen and oxygen atoms in total. The summed E-state index contributed by atoms with van der Waals surface area (Å²) in [6, 6.07) is 27.4. The molecule has 4 rings (SSSR count). The maximum atomic E-state index is 12.0. The van der Waals surface area contributed by atoms with Crippen molar-refractivity contribution in [3.8, 4) is 16.9 Å². The molecule has 0 spiro atoms. The van der Waals surface area contributed by atoms with Gasteiger partial charge in [-0.05, 0) is 51.7 Å². The Morgan fingerprint density at radius 1 is 0.828 bits per heavy atom. The third-order valence-electron chi connectivity index (χ3n) is 4.93. The van der Waals surface area contributed by atoms with E-state index in [1.165, 1.54) is 0 Å². The van der Waals surface area contributed by atoms with Gasteiger partial charge in [-0.2, -0.15) is 0 Å². The largest absolute Gasteiger partial charge is 0.493 e. The van der Waals surface area contributed by atoms with E-state index in [0.717, 1.165) is 38.2 Å². The highest BCUT2D eigenvalue weighted by Gasteiger charge is 2.12. The van der Waals surface area contributed by atoms with E-state index in [1.54, 1.807) is 0 Å². The number of carbonyl (C=O) groups is 1. The lowest BCUT2D eigenvalue weighted by Gasteiger charge is -2.12. The van der Waals surface area contributed by atoms with Crippen LogP contribution in [0.25, 0.3) is 21.9 Å². The average Bonchev–Trinajstić information content (AvgIpc) is 2.74. The fourth-order valence-electron chi connectivity index (χ4n) is 3.48. The van der Waals surface area contributed by atoms with Gasteiger partial charge in [-0.25, -0.2) is 0 Å². The van der Waals surface area contributed by atoms with Crippen molar-refractivity contribution in [2.24, 2.45) is 5.73 Å². The summed E-state index contributed by atoms with van der Waals surface area (Å²) in [5, 5.41) is 2.60. The third kappa shape index (κ3) is 4.25. The van der Waals surface area contributed by atoms with E-state index in [1.807, 2.05) is 84.9 Å². The smallest absolute Gasteiger partial charge is 0.249 e. The molecular weight excluding hydrogens is 382 g/mol. The Bertz CT molecular complexity index is 1150. The van der Waals surface area contributed by atoms with Crippen LogP contribution in [0, 0.1) is 0 Å². The Morgan fingerprint density at radius 3 is 2.17 bits per heavy atom. The number of primary amides is 1. The van der Waals surface area contributed by atoms with Crippen molar-refractivity contribution in [3.05, 3.63) is 101 Å². The number of nitrogens with two attached hydrogens (primary N) is 1. The van der Waals surface area contributed by atoms with E-state index in [9.17, 15) is 4.79 Å². The molecule has 0 fully saturated rings. The molecular formula is C25H20ClNO2. The van der Waals surface area contributed by atoms with E-state index in [-0.39, 0.29) is 0 Å². The summed E-state index contributed by atoms with van der Waals surface area (Å²) < 4.78 is 5.89. The molecule has 0 aliphatic rings. The van der Waals surface area contributed by atoms with Crippen LogP contribution in [0.4, 0.5) is 0 Å². The number of hydrogen-bond acceptors (Lipinski definition) is 2. The maximum Gasteiger partial charge on any atom is 0.249 e. The molecule has 0 saturated carbocycles. The second-order valence-corrected chi connectivity index (χ2v) is 7.25. The predicted octanol–water partition coefficient (Wildman–Crippen LogP) is 5.88. The van der Waals surface area contributed by atoms with Gasteiger partial charge in [0.2, 0.25) is 5.91 Å². The summed E-state index contributed by atoms with van der Waals surface area (Å²) in [7, 11) is 0. The molecule has 29 heavy (non-hydrogen) atoms. The number of hydrogen-bond donors (Lipinski definition) is 1. The quantitative estimate of drug-likeness (QED) is 0.438. The fraction of sp³-hybridized carbons (Fsp3) is 0.0800. The molecule has 0 aromatic heterocycles. The zero-order valence-corrected chi connectivity index (χ0v) is 16.5. The van der Waals surface area contributed by atoms with Crippen LogP contribution < -0.4 is 10.5 Å². The summed E-state index contributed by atoms with van der Waals surface area (Å²) in [6.07, 6.45) is 0.599. The molecule has 4 aromatic carbocycles. The lowest BCUT2D eigenvalue weighted by atomic mass is 9.97. The minimum absolute atomic E-state index is 0.413. The molecule has 0 aliphatic carbocycles. The number of ether oxygens (including phenoxy) is 1. The summed E-state index contributed by atoms with van der Waals surface area (Å²) in [5.74, 6) is 0.369. The Balaban J connectivity index is 1.46. The Morgan fingerprint density at radius 2 is 1.48 bits per heavy atom. The number of halogens is 1. The van der Waals surface area contributed by atoms with Gasteiger partial charge in [0.15, 0.2) is 0 Å². The lowest BCUT2D eigenvalue weighted by Crippen LogP contribution is -2.16.